The van der Waals surface area contributed by atoms with Gasteiger partial charge in [-0.25, -0.2) is 0 Å². The van der Waals surface area contributed by atoms with Crippen molar-refractivity contribution < 1.29 is 9.47 Å². The van der Waals surface area contributed by atoms with Crippen molar-refractivity contribution in [2.24, 2.45) is 0 Å². The van der Waals surface area contributed by atoms with E-state index in [2.05, 4.69) is 23.8 Å². The molecule has 96 valence electrons. The number of ether oxygens (including phenoxy) is 2. The summed E-state index contributed by atoms with van der Waals surface area (Å²) in [6.45, 7) is 9.31. The molecule has 0 radical (unpaired) electrons. The average molecular weight is 230 g/mol. The van der Waals surface area contributed by atoms with Gasteiger partial charge in [-0.15, -0.1) is 0 Å². The molecule has 4 nitrogen and oxygen atoms in total. The van der Waals surface area contributed by atoms with E-state index >= 15 is 0 Å². The number of hydrogen-bond acceptors (Lipinski definition) is 4. The largest absolute Gasteiger partial charge is 0.382 e. The summed E-state index contributed by atoms with van der Waals surface area (Å²) in [5.41, 5.74) is 0. The van der Waals surface area contributed by atoms with Gasteiger partial charge in [0, 0.05) is 45.9 Å². The lowest BCUT2D eigenvalue weighted by atomic mass is 10.2. The molecule has 0 aromatic carbocycles. The van der Waals surface area contributed by atoms with E-state index in [1.807, 2.05) is 0 Å². The maximum Gasteiger partial charge on any atom is 0.0700 e. The first-order valence-electron chi connectivity index (χ1n) is 6.23. The van der Waals surface area contributed by atoms with Crippen LogP contribution in [0.1, 0.15) is 13.3 Å². The Hall–Kier alpha value is -0.160. The van der Waals surface area contributed by atoms with Crippen molar-refractivity contribution in [3.63, 3.8) is 0 Å². The lowest BCUT2D eigenvalue weighted by Crippen LogP contribution is -2.48. The first-order valence-corrected chi connectivity index (χ1v) is 6.23. The molecule has 0 N–H and O–H groups in total. The van der Waals surface area contributed by atoms with Crippen molar-refractivity contribution in [2.75, 3.05) is 60.2 Å². The fraction of sp³-hybridized carbons (Fsp3) is 1.00. The second kappa shape index (κ2) is 8.01. The van der Waals surface area contributed by atoms with Gasteiger partial charge in [-0.1, -0.05) is 0 Å². The number of piperazine rings is 1. The van der Waals surface area contributed by atoms with Crippen molar-refractivity contribution in [1.82, 2.24) is 9.80 Å². The third-order valence-corrected chi connectivity index (χ3v) is 3.27. The predicted octanol–water partition coefficient (Wildman–Crippen LogP) is 0.675. The average Bonchev–Trinajstić information content (AvgIpc) is 2.29. The summed E-state index contributed by atoms with van der Waals surface area (Å²) in [7, 11) is 3.89. The SMILES string of the molecule is COCCOCCC(C)N1CCN(C)CC1. The van der Waals surface area contributed by atoms with Crippen LogP contribution < -0.4 is 0 Å². The van der Waals surface area contributed by atoms with Crippen LogP contribution in [0.3, 0.4) is 0 Å². The van der Waals surface area contributed by atoms with Gasteiger partial charge in [0.25, 0.3) is 0 Å². The number of likely N-dealkylation sites (N-methyl/N-ethyl adjacent to an activating group) is 1. The number of rotatable bonds is 7. The van der Waals surface area contributed by atoms with E-state index in [9.17, 15) is 0 Å². The van der Waals surface area contributed by atoms with Crippen LogP contribution in [0, 0.1) is 0 Å². The van der Waals surface area contributed by atoms with Gasteiger partial charge in [-0.3, -0.25) is 4.90 Å². The Morgan fingerprint density at radius 2 is 1.75 bits per heavy atom. The molecule has 1 heterocycles. The third-order valence-electron chi connectivity index (χ3n) is 3.27. The first-order chi connectivity index (χ1) is 7.74. The maximum atomic E-state index is 5.49. The second-order valence-electron chi connectivity index (χ2n) is 4.58. The lowest BCUT2D eigenvalue weighted by molar-refractivity contribution is 0.0497. The Labute approximate surface area is 99.5 Å². The van der Waals surface area contributed by atoms with Gasteiger partial charge in [0.2, 0.25) is 0 Å². The zero-order valence-electron chi connectivity index (χ0n) is 10.9. The standard InChI is InChI=1S/C12H26N2O2/c1-12(4-9-16-11-10-15-3)14-7-5-13(2)6-8-14/h12H,4-11H2,1-3H3. The minimum absolute atomic E-state index is 0.635. The maximum absolute atomic E-state index is 5.49. The first kappa shape index (κ1) is 13.9. The van der Waals surface area contributed by atoms with Crippen molar-refractivity contribution in [3.05, 3.63) is 0 Å². The van der Waals surface area contributed by atoms with E-state index in [4.69, 9.17) is 9.47 Å². The van der Waals surface area contributed by atoms with Crippen LogP contribution in [0.15, 0.2) is 0 Å². The quantitative estimate of drug-likeness (QED) is 0.600. The zero-order chi connectivity index (χ0) is 11.8. The topological polar surface area (TPSA) is 24.9 Å². The normalized spacial score (nSPS) is 21.2. The van der Waals surface area contributed by atoms with E-state index in [1.165, 1.54) is 26.2 Å². The molecule has 4 heteroatoms. The van der Waals surface area contributed by atoms with E-state index in [0.29, 0.717) is 19.3 Å². The Kier molecular flexibility index (Phi) is 6.96. The van der Waals surface area contributed by atoms with E-state index < -0.39 is 0 Å². The number of methoxy groups -OCH3 is 1. The van der Waals surface area contributed by atoms with Crippen LogP contribution in [0.25, 0.3) is 0 Å². The fourth-order valence-corrected chi connectivity index (χ4v) is 1.94. The van der Waals surface area contributed by atoms with Gasteiger partial charge in [0.1, 0.15) is 0 Å². The molecular formula is C12H26N2O2. The van der Waals surface area contributed by atoms with Crippen LogP contribution in [0.4, 0.5) is 0 Å². The molecule has 16 heavy (non-hydrogen) atoms. The monoisotopic (exact) mass is 230 g/mol. The Morgan fingerprint density at radius 3 is 2.38 bits per heavy atom. The zero-order valence-corrected chi connectivity index (χ0v) is 10.9. The van der Waals surface area contributed by atoms with Crippen LogP contribution >= 0.6 is 0 Å². The molecule has 1 fully saturated rings. The molecule has 0 amide bonds. The third kappa shape index (κ3) is 5.25. The van der Waals surface area contributed by atoms with Crippen LogP contribution in [-0.4, -0.2) is 76.0 Å². The van der Waals surface area contributed by atoms with Gasteiger partial charge >= 0.3 is 0 Å². The number of hydrogen-bond donors (Lipinski definition) is 0. The van der Waals surface area contributed by atoms with Crippen molar-refractivity contribution in [3.8, 4) is 0 Å². The summed E-state index contributed by atoms with van der Waals surface area (Å²) in [4.78, 5) is 4.94. The van der Waals surface area contributed by atoms with Gasteiger partial charge in [-0.2, -0.15) is 0 Å². The Balaban J connectivity index is 2.03. The van der Waals surface area contributed by atoms with E-state index in [1.54, 1.807) is 7.11 Å². The molecule has 1 unspecified atom stereocenters. The molecular weight excluding hydrogens is 204 g/mol. The van der Waals surface area contributed by atoms with Gasteiger partial charge in [0.15, 0.2) is 0 Å². The highest BCUT2D eigenvalue weighted by Gasteiger charge is 2.18. The van der Waals surface area contributed by atoms with Gasteiger partial charge in [-0.05, 0) is 20.4 Å². The summed E-state index contributed by atoms with van der Waals surface area (Å²) >= 11 is 0. The molecule has 0 aliphatic carbocycles. The predicted molar refractivity (Wildman–Crippen MR) is 65.8 cm³/mol. The van der Waals surface area contributed by atoms with Crippen LogP contribution in [-0.2, 0) is 9.47 Å². The highest BCUT2D eigenvalue weighted by Crippen LogP contribution is 2.07. The molecule has 0 saturated carbocycles. The molecule has 0 bridgehead atoms. The Bertz CT molecular complexity index is 170. The second-order valence-corrected chi connectivity index (χ2v) is 4.58. The summed E-state index contributed by atoms with van der Waals surface area (Å²) < 4.78 is 10.4. The summed E-state index contributed by atoms with van der Waals surface area (Å²) in [5, 5.41) is 0. The number of nitrogens with zero attached hydrogens (tertiary/aromatic N) is 2. The lowest BCUT2D eigenvalue weighted by Gasteiger charge is -2.36. The highest BCUT2D eigenvalue weighted by molar-refractivity contribution is 4.74. The molecule has 0 aromatic heterocycles. The molecule has 1 aliphatic heterocycles. The molecule has 0 spiro atoms. The minimum atomic E-state index is 0.635. The van der Waals surface area contributed by atoms with Crippen molar-refractivity contribution >= 4 is 0 Å². The molecule has 1 atom stereocenters. The molecule has 1 rings (SSSR count). The van der Waals surface area contributed by atoms with Crippen LogP contribution in [0.5, 0.6) is 0 Å². The highest BCUT2D eigenvalue weighted by atomic mass is 16.5. The molecule has 1 saturated heterocycles. The van der Waals surface area contributed by atoms with Gasteiger partial charge in [0.05, 0.1) is 13.2 Å². The van der Waals surface area contributed by atoms with E-state index in [-0.39, 0.29) is 0 Å². The van der Waals surface area contributed by atoms with E-state index in [0.717, 1.165) is 13.0 Å². The molecule has 0 aromatic rings. The smallest absolute Gasteiger partial charge is 0.0700 e. The Morgan fingerprint density at radius 1 is 1.06 bits per heavy atom. The fourth-order valence-electron chi connectivity index (χ4n) is 1.94. The summed E-state index contributed by atoms with van der Waals surface area (Å²) in [6, 6.07) is 0.635. The van der Waals surface area contributed by atoms with Crippen LogP contribution in [0.2, 0.25) is 0 Å². The van der Waals surface area contributed by atoms with Crippen molar-refractivity contribution in [2.45, 2.75) is 19.4 Å². The van der Waals surface area contributed by atoms with Crippen molar-refractivity contribution in [1.29, 1.82) is 0 Å². The van der Waals surface area contributed by atoms with Gasteiger partial charge < -0.3 is 14.4 Å². The molecule has 1 aliphatic rings. The summed E-state index contributed by atoms with van der Waals surface area (Å²) in [6.07, 6.45) is 1.12. The summed E-state index contributed by atoms with van der Waals surface area (Å²) in [5.74, 6) is 0. The minimum Gasteiger partial charge on any atom is -0.382 e.